The summed E-state index contributed by atoms with van der Waals surface area (Å²) in [6.45, 7) is 2.52. The number of fused-ring (bicyclic) bond motifs is 2. The Morgan fingerprint density at radius 2 is 2.17 bits per heavy atom. The number of amides is 1. The molecular weight excluding hydrogens is 306 g/mol. The van der Waals surface area contributed by atoms with E-state index < -0.39 is 0 Å². The molecule has 7 heteroatoms. The Morgan fingerprint density at radius 1 is 1.29 bits per heavy atom. The molecule has 3 heterocycles. The van der Waals surface area contributed by atoms with Crippen molar-refractivity contribution in [1.82, 2.24) is 19.6 Å². The summed E-state index contributed by atoms with van der Waals surface area (Å²) in [6, 6.07) is 7.67. The molecule has 1 aliphatic rings. The van der Waals surface area contributed by atoms with Crippen molar-refractivity contribution < 1.29 is 9.53 Å². The molecule has 0 saturated heterocycles. The van der Waals surface area contributed by atoms with Gasteiger partial charge in [-0.05, 0) is 37.5 Å². The zero-order chi connectivity index (χ0) is 16.7. The minimum Gasteiger partial charge on any atom is -0.495 e. The fraction of sp³-hybridized carbons (Fsp3) is 0.294. The minimum absolute atomic E-state index is 0.149. The molecule has 1 aromatic carbocycles. The van der Waals surface area contributed by atoms with Gasteiger partial charge in [0.05, 0.1) is 12.8 Å². The first-order valence-corrected chi connectivity index (χ1v) is 7.85. The Hall–Kier alpha value is -2.96. The van der Waals surface area contributed by atoms with E-state index in [0.717, 1.165) is 29.8 Å². The highest BCUT2D eigenvalue weighted by molar-refractivity contribution is 6.05. The van der Waals surface area contributed by atoms with Gasteiger partial charge in [0.15, 0.2) is 0 Å². The van der Waals surface area contributed by atoms with E-state index in [4.69, 9.17) is 4.74 Å². The number of aryl methyl sites for hydroxylation is 2. The lowest BCUT2D eigenvalue weighted by atomic mass is 10.0. The van der Waals surface area contributed by atoms with E-state index in [1.54, 1.807) is 22.7 Å². The predicted octanol–water partition coefficient (Wildman–Crippen LogP) is 2.03. The fourth-order valence-electron chi connectivity index (χ4n) is 3.10. The maximum Gasteiger partial charge on any atom is 0.298 e. The van der Waals surface area contributed by atoms with Crippen molar-refractivity contribution in [3.05, 3.63) is 47.5 Å². The van der Waals surface area contributed by atoms with Crippen LogP contribution in [0.2, 0.25) is 0 Å². The van der Waals surface area contributed by atoms with Gasteiger partial charge in [0.25, 0.3) is 11.7 Å². The second kappa shape index (κ2) is 5.59. The van der Waals surface area contributed by atoms with Crippen molar-refractivity contribution in [1.29, 1.82) is 0 Å². The molecule has 0 unspecified atom stereocenters. The van der Waals surface area contributed by atoms with Crippen molar-refractivity contribution in [2.75, 3.05) is 18.6 Å². The standard InChI is InChI=1S/C17H17N5O2/c1-11-8-9-18-17-19-15(20-22(11)17)16(23)21-10-4-6-12-5-3-7-13(24-2)14(12)21/h3,5,7-9H,4,6,10H2,1-2H3. The lowest BCUT2D eigenvalue weighted by Gasteiger charge is -2.30. The van der Waals surface area contributed by atoms with E-state index in [1.807, 2.05) is 31.2 Å². The van der Waals surface area contributed by atoms with Crippen LogP contribution in [0.5, 0.6) is 5.75 Å². The number of nitrogens with zero attached hydrogens (tertiary/aromatic N) is 5. The Bertz CT molecular complexity index is 920. The molecule has 0 saturated carbocycles. The second-order valence-electron chi connectivity index (χ2n) is 5.76. The van der Waals surface area contributed by atoms with E-state index in [2.05, 4.69) is 15.1 Å². The van der Waals surface area contributed by atoms with Crippen LogP contribution in [0.15, 0.2) is 30.5 Å². The second-order valence-corrected chi connectivity index (χ2v) is 5.76. The van der Waals surface area contributed by atoms with E-state index in [9.17, 15) is 4.79 Å². The number of anilines is 1. The number of methoxy groups -OCH3 is 1. The lowest BCUT2D eigenvalue weighted by molar-refractivity contribution is 0.0974. The molecule has 0 N–H and O–H groups in total. The van der Waals surface area contributed by atoms with Crippen molar-refractivity contribution in [3.8, 4) is 5.75 Å². The summed E-state index contributed by atoms with van der Waals surface area (Å²) in [4.78, 5) is 23.2. The third-order valence-electron chi connectivity index (χ3n) is 4.27. The van der Waals surface area contributed by atoms with Crippen LogP contribution in [0.25, 0.3) is 5.78 Å². The average molecular weight is 323 g/mol. The van der Waals surface area contributed by atoms with Crippen LogP contribution in [0, 0.1) is 6.92 Å². The summed E-state index contributed by atoms with van der Waals surface area (Å²) in [5, 5.41) is 4.33. The molecule has 3 aromatic rings. The summed E-state index contributed by atoms with van der Waals surface area (Å²) < 4.78 is 7.04. The molecule has 24 heavy (non-hydrogen) atoms. The number of rotatable bonds is 2. The van der Waals surface area contributed by atoms with E-state index in [0.29, 0.717) is 18.1 Å². The molecule has 1 amide bonds. The van der Waals surface area contributed by atoms with Gasteiger partial charge in [-0.3, -0.25) is 4.79 Å². The predicted molar refractivity (Wildman–Crippen MR) is 88.5 cm³/mol. The Labute approximate surface area is 138 Å². The zero-order valence-electron chi connectivity index (χ0n) is 13.6. The molecule has 2 aromatic heterocycles. The monoisotopic (exact) mass is 323 g/mol. The van der Waals surface area contributed by atoms with Crippen molar-refractivity contribution in [2.45, 2.75) is 19.8 Å². The van der Waals surface area contributed by atoms with Crippen molar-refractivity contribution >= 4 is 17.4 Å². The minimum atomic E-state index is -0.231. The van der Waals surface area contributed by atoms with Gasteiger partial charge in [0, 0.05) is 18.4 Å². The molecule has 1 aliphatic heterocycles. The Morgan fingerprint density at radius 3 is 2.96 bits per heavy atom. The maximum atomic E-state index is 13.0. The highest BCUT2D eigenvalue weighted by Gasteiger charge is 2.29. The van der Waals surface area contributed by atoms with E-state index >= 15 is 0 Å². The van der Waals surface area contributed by atoms with Gasteiger partial charge >= 0.3 is 0 Å². The van der Waals surface area contributed by atoms with Crippen LogP contribution in [0.4, 0.5) is 5.69 Å². The van der Waals surface area contributed by atoms with Gasteiger partial charge in [0.2, 0.25) is 5.82 Å². The molecular formula is C17H17N5O2. The number of aromatic nitrogens is 4. The van der Waals surface area contributed by atoms with Crippen LogP contribution in [-0.4, -0.2) is 39.1 Å². The molecule has 7 nitrogen and oxygen atoms in total. The number of carbonyl (C=O) groups excluding carboxylic acids is 1. The lowest BCUT2D eigenvalue weighted by Crippen LogP contribution is -2.36. The third kappa shape index (κ3) is 2.20. The van der Waals surface area contributed by atoms with Crippen LogP contribution in [0.3, 0.4) is 0 Å². The summed E-state index contributed by atoms with van der Waals surface area (Å²) in [7, 11) is 1.61. The first kappa shape index (κ1) is 14.6. The third-order valence-corrected chi connectivity index (χ3v) is 4.27. The molecule has 4 rings (SSSR count). The van der Waals surface area contributed by atoms with Gasteiger partial charge in [-0.15, -0.1) is 5.10 Å². The number of para-hydroxylation sites is 1. The average Bonchev–Trinajstić information content (AvgIpc) is 3.05. The molecule has 0 spiro atoms. The number of hydrogen-bond donors (Lipinski definition) is 0. The molecule has 0 atom stereocenters. The van der Waals surface area contributed by atoms with E-state index in [1.165, 1.54) is 0 Å². The number of hydrogen-bond acceptors (Lipinski definition) is 5. The summed E-state index contributed by atoms with van der Waals surface area (Å²) in [5.74, 6) is 1.04. The van der Waals surface area contributed by atoms with Gasteiger partial charge in [-0.1, -0.05) is 12.1 Å². The smallest absolute Gasteiger partial charge is 0.298 e. The first-order chi connectivity index (χ1) is 11.7. The zero-order valence-corrected chi connectivity index (χ0v) is 13.6. The van der Waals surface area contributed by atoms with Gasteiger partial charge in [-0.2, -0.15) is 4.98 Å². The SMILES string of the molecule is COc1cccc2c1N(C(=O)c1nc3nccc(C)n3n1)CCC2. The topological polar surface area (TPSA) is 72.6 Å². The first-order valence-electron chi connectivity index (χ1n) is 7.85. The highest BCUT2D eigenvalue weighted by atomic mass is 16.5. The number of ether oxygens (including phenoxy) is 1. The van der Waals surface area contributed by atoms with Crippen LogP contribution < -0.4 is 9.64 Å². The molecule has 122 valence electrons. The van der Waals surface area contributed by atoms with Crippen LogP contribution in [-0.2, 0) is 6.42 Å². The maximum absolute atomic E-state index is 13.0. The van der Waals surface area contributed by atoms with Gasteiger partial charge in [-0.25, -0.2) is 9.50 Å². The van der Waals surface area contributed by atoms with Crippen molar-refractivity contribution in [3.63, 3.8) is 0 Å². The number of carbonyl (C=O) groups is 1. The highest BCUT2D eigenvalue weighted by Crippen LogP contribution is 2.36. The normalized spacial score (nSPS) is 13.8. The molecule has 0 fully saturated rings. The fourth-order valence-corrected chi connectivity index (χ4v) is 3.10. The summed E-state index contributed by atoms with van der Waals surface area (Å²) in [5.41, 5.74) is 2.80. The van der Waals surface area contributed by atoms with E-state index in [-0.39, 0.29) is 11.7 Å². The molecule has 0 aliphatic carbocycles. The number of benzene rings is 1. The largest absolute Gasteiger partial charge is 0.495 e. The molecule has 0 radical (unpaired) electrons. The van der Waals surface area contributed by atoms with Crippen molar-refractivity contribution in [2.24, 2.45) is 0 Å². The summed E-state index contributed by atoms with van der Waals surface area (Å²) >= 11 is 0. The van der Waals surface area contributed by atoms with Crippen LogP contribution in [0.1, 0.15) is 28.3 Å². The van der Waals surface area contributed by atoms with Crippen LogP contribution >= 0.6 is 0 Å². The quantitative estimate of drug-likeness (QED) is 0.721. The summed E-state index contributed by atoms with van der Waals surface area (Å²) in [6.07, 6.45) is 3.49. The Balaban J connectivity index is 1.79. The Kier molecular flexibility index (Phi) is 3.41. The van der Waals surface area contributed by atoms with Gasteiger partial charge < -0.3 is 9.64 Å². The molecule has 0 bridgehead atoms. The van der Waals surface area contributed by atoms with Gasteiger partial charge in [0.1, 0.15) is 5.75 Å².